The van der Waals surface area contributed by atoms with Crippen molar-refractivity contribution >= 4 is 10.9 Å². The number of fused-ring (bicyclic) bond motifs is 1. The number of benzene rings is 1. The molecule has 0 bridgehead atoms. The zero-order valence-corrected chi connectivity index (χ0v) is 8.25. The van der Waals surface area contributed by atoms with Gasteiger partial charge in [-0.2, -0.15) is 0 Å². The molecule has 3 nitrogen and oxygen atoms in total. The maximum absolute atomic E-state index is 12.0. The Morgan fingerprint density at radius 3 is 2.62 bits per heavy atom. The van der Waals surface area contributed by atoms with Gasteiger partial charge < -0.3 is 4.74 Å². The first kappa shape index (κ1) is 10.7. The van der Waals surface area contributed by atoms with E-state index in [9.17, 15) is 13.2 Å². The van der Waals surface area contributed by atoms with Gasteiger partial charge in [-0.15, -0.1) is 13.2 Å². The molecule has 2 rings (SSSR count). The fraction of sp³-hybridized carbons (Fsp3) is 0.200. The summed E-state index contributed by atoms with van der Waals surface area (Å²) in [6, 6.07) is 3.96. The molecule has 0 fully saturated rings. The van der Waals surface area contributed by atoms with Gasteiger partial charge >= 0.3 is 6.36 Å². The Morgan fingerprint density at radius 1 is 1.19 bits per heavy atom. The third kappa shape index (κ3) is 2.21. The molecular formula is C10H7F3N2O. The SMILES string of the molecule is Cc1ncnc2ccc(OC(F)(F)F)cc12. The molecule has 0 aliphatic heterocycles. The third-order valence-corrected chi connectivity index (χ3v) is 2.04. The van der Waals surface area contributed by atoms with Gasteiger partial charge in [-0.3, -0.25) is 0 Å². The van der Waals surface area contributed by atoms with E-state index in [1.54, 1.807) is 6.92 Å². The molecule has 6 heteroatoms. The van der Waals surface area contributed by atoms with Gasteiger partial charge in [-0.1, -0.05) is 0 Å². The lowest BCUT2D eigenvalue weighted by molar-refractivity contribution is -0.274. The number of nitrogens with zero attached hydrogens (tertiary/aromatic N) is 2. The van der Waals surface area contributed by atoms with Crippen LogP contribution < -0.4 is 4.74 Å². The molecule has 0 aliphatic carbocycles. The topological polar surface area (TPSA) is 35.0 Å². The molecule has 2 aromatic rings. The summed E-state index contributed by atoms with van der Waals surface area (Å²) < 4.78 is 39.8. The summed E-state index contributed by atoms with van der Waals surface area (Å²) >= 11 is 0. The molecule has 1 heterocycles. The number of hydrogen-bond donors (Lipinski definition) is 0. The van der Waals surface area contributed by atoms with Gasteiger partial charge in [0.15, 0.2) is 0 Å². The molecule has 0 spiro atoms. The number of alkyl halides is 3. The van der Waals surface area contributed by atoms with Gasteiger partial charge in [-0.25, -0.2) is 9.97 Å². The Balaban J connectivity index is 2.47. The molecule has 0 saturated carbocycles. The number of aromatic nitrogens is 2. The molecule has 16 heavy (non-hydrogen) atoms. The van der Waals surface area contributed by atoms with Crippen LogP contribution in [0.1, 0.15) is 5.69 Å². The van der Waals surface area contributed by atoms with Gasteiger partial charge in [0, 0.05) is 11.1 Å². The Bertz CT molecular complexity index is 525. The molecule has 0 aliphatic rings. The van der Waals surface area contributed by atoms with Crippen molar-refractivity contribution in [2.75, 3.05) is 0 Å². The fourth-order valence-electron chi connectivity index (χ4n) is 1.36. The van der Waals surface area contributed by atoms with E-state index < -0.39 is 6.36 Å². The largest absolute Gasteiger partial charge is 0.573 e. The summed E-state index contributed by atoms with van der Waals surface area (Å²) in [5, 5.41) is 0.546. The van der Waals surface area contributed by atoms with Crippen LogP contribution in [0.4, 0.5) is 13.2 Å². The van der Waals surface area contributed by atoms with Crippen molar-refractivity contribution < 1.29 is 17.9 Å². The molecular weight excluding hydrogens is 221 g/mol. The van der Waals surface area contributed by atoms with Crippen molar-refractivity contribution in [2.45, 2.75) is 13.3 Å². The Hall–Kier alpha value is -1.85. The normalized spacial score (nSPS) is 11.8. The molecule has 0 radical (unpaired) electrons. The van der Waals surface area contributed by atoms with Crippen molar-refractivity contribution in [2.24, 2.45) is 0 Å². The minimum absolute atomic E-state index is 0.266. The van der Waals surface area contributed by atoms with Crippen LogP contribution in [0.15, 0.2) is 24.5 Å². The summed E-state index contributed by atoms with van der Waals surface area (Å²) in [6.07, 6.45) is -3.32. The van der Waals surface area contributed by atoms with Crippen LogP contribution in [0.25, 0.3) is 10.9 Å². The van der Waals surface area contributed by atoms with E-state index in [0.29, 0.717) is 16.6 Å². The summed E-state index contributed by atoms with van der Waals surface area (Å²) in [7, 11) is 0. The van der Waals surface area contributed by atoms with Gasteiger partial charge in [0.2, 0.25) is 0 Å². The maximum atomic E-state index is 12.0. The average Bonchev–Trinajstić information content (AvgIpc) is 2.17. The number of ether oxygens (including phenoxy) is 1. The van der Waals surface area contributed by atoms with Crippen molar-refractivity contribution in [1.29, 1.82) is 0 Å². The third-order valence-electron chi connectivity index (χ3n) is 2.04. The maximum Gasteiger partial charge on any atom is 0.573 e. The summed E-state index contributed by atoms with van der Waals surface area (Å²) in [6.45, 7) is 1.70. The number of aryl methyl sites for hydroxylation is 1. The summed E-state index contributed by atoms with van der Waals surface area (Å²) in [4.78, 5) is 7.83. The zero-order chi connectivity index (χ0) is 11.8. The highest BCUT2D eigenvalue weighted by molar-refractivity contribution is 5.81. The van der Waals surface area contributed by atoms with Crippen LogP contribution in [-0.4, -0.2) is 16.3 Å². The fourth-order valence-corrected chi connectivity index (χ4v) is 1.36. The first-order valence-electron chi connectivity index (χ1n) is 4.43. The quantitative estimate of drug-likeness (QED) is 0.752. The van der Waals surface area contributed by atoms with E-state index in [1.807, 2.05) is 0 Å². The second kappa shape index (κ2) is 3.62. The number of rotatable bonds is 1. The highest BCUT2D eigenvalue weighted by Crippen LogP contribution is 2.26. The average molecular weight is 228 g/mol. The van der Waals surface area contributed by atoms with E-state index in [1.165, 1.54) is 24.5 Å². The highest BCUT2D eigenvalue weighted by Gasteiger charge is 2.31. The molecule has 0 unspecified atom stereocenters. The van der Waals surface area contributed by atoms with E-state index in [-0.39, 0.29) is 5.75 Å². The lowest BCUT2D eigenvalue weighted by Gasteiger charge is -2.09. The van der Waals surface area contributed by atoms with E-state index in [4.69, 9.17) is 0 Å². The van der Waals surface area contributed by atoms with Crippen LogP contribution in [0.3, 0.4) is 0 Å². The molecule has 1 aromatic heterocycles. The van der Waals surface area contributed by atoms with Crippen molar-refractivity contribution in [1.82, 2.24) is 9.97 Å². The Kier molecular flexibility index (Phi) is 2.41. The van der Waals surface area contributed by atoms with E-state index >= 15 is 0 Å². The van der Waals surface area contributed by atoms with Crippen LogP contribution in [0.2, 0.25) is 0 Å². The van der Waals surface area contributed by atoms with Crippen molar-refractivity contribution in [3.8, 4) is 5.75 Å². The lowest BCUT2D eigenvalue weighted by Crippen LogP contribution is -2.17. The van der Waals surface area contributed by atoms with Crippen molar-refractivity contribution in [3.63, 3.8) is 0 Å². The zero-order valence-electron chi connectivity index (χ0n) is 8.25. The first-order chi connectivity index (χ1) is 7.46. The minimum atomic E-state index is -4.68. The number of hydrogen-bond acceptors (Lipinski definition) is 3. The molecule has 0 amide bonds. The van der Waals surface area contributed by atoms with Crippen LogP contribution in [0.5, 0.6) is 5.75 Å². The minimum Gasteiger partial charge on any atom is -0.406 e. The standard InChI is InChI=1S/C10H7F3N2O/c1-6-8-4-7(16-10(11,12)13)2-3-9(8)15-5-14-6/h2-5H,1H3. The molecule has 0 saturated heterocycles. The van der Waals surface area contributed by atoms with E-state index in [0.717, 1.165) is 0 Å². The summed E-state index contributed by atoms with van der Waals surface area (Å²) in [5.41, 5.74) is 1.19. The molecule has 84 valence electrons. The smallest absolute Gasteiger partial charge is 0.406 e. The van der Waals surface area contributed by atoms with Crippen molar-refractivity contribution in [3.05, 3.63) is 30.2 Å². The van der Waals surface area contributed by atoms with Crippen LogP contribution in [-0.2, 0) is 0 Å². The Morgan fingerprint density at radius 2 is 1.94 bits per heavy atom. The summed E-state index contributed by atoms with van der Waals surface area (Å²) in [5.74, 6) is -0.266. The second-order valence-electron chi connectivity index (χ2n) is 3.19. The Labute approximate surface area is 88.9 Å². The predicted molar refractivity (Wildman–Crippen MR) is 51.0 cm³/mol. The van der Waals surface area contributed by atoms with Gasteiger partial charge in [0.25, 0.3) is 0 Å². The molecule has 1 aromatic carbocycles. The highest BCUT2D eigenvalue weighted by atomic mass is 19.4. The van der Waals surface area contributed by atoms with Gasteiger partial charge in [0.1, 0.15) is 12.1 Å². The first-order valence-corrected chi connectivity index (χ1v) is 4.43. The lowest BCUT2D eigenvalue weighted by atomic mass is 10.2. The predicted octanol–water partition coefficient (Wildman–Crippen LogP) is 2.84. The van der Waals surface area contributed by atoms with Crippen LogP contribution >= 0.6 is 0 Å². The number of halogens is 3. The van der Waals surface area contributed by atoms with Crippen LogP contribution in [0, 0.1) is 6.92 Å². The van der Waals surface area contributed by atoms with Gasteiger partial charge in [0.05, 0.1) is 5.52 Å². The second-order valence-corrected chi connectivity index (χ2v) is 3.19. The molecule has 0 N–H and O–H groups in total. The molecule has 0 atom stereocenters. The monoisotopic (exact) mass is 228 g/mol. The van der Waals surface area contributed by atoms with E-state index in [2.05, 4.69) is 14.7 Å². The van der Waals surface area contributed by atoms with Gasteiger partial charge in [-0.05, 0) is 25.1 Å².